The Kier molecular flexibility index (Phi) is 5.30. The van der Waals surface area contributed by atoms with E-state index < -0.39 is 8.07 Å². The van der Waals surface area contributed by atoms with Crippen LogP contribution in [0.4, 0.5) is 0 Å². The summed E-state index contributed by atoms with van der Waals surface area (Å²) < 4.78 is 12.0. The van der Waals surface area contributed by atoms with E-state index >= 15 is 0 Å². The normalized spacial score (nSPS) is 13.4. The van der Waals surface area contributed by atoms with E-state index in [4.69, 9.17) is 21.1 Å². The molecular formula is C17H23ClO2Si. The molecule has 0 N–H and O–H groups in total. The standard InChI is InChI=1S/C17H23ClO2Si/c1-5-19-17(21(2,3)4)20-16-8-6-7-14-11-13(12-18)9-10-15(14)16/h6-11,17H,5,12H2,1-4H3. The van der Waals surface area contributed by atoms with Gasteiger partial charge >= 0.3 is 0 Å². The van der Waals surface area contributed by atoms with Gasteiger partial charge in [-0.15, -0.1) is 11.6 Å². The Morgan fingerprint density at radius 2 is 1.90 bits per heavy atom. The van der Waals surface area contributed by atoms with Gasteiger partial charge in [-0.05, 0) is 30.0 Å². The second-order valence-corrected chi connectivity index (χ2v) is 11.7. The molecule has 0 saturated carbocycles. The van der Waals surface area contributed by atoms with Crippen LogP contribution in [0.25, 0.3) is 10.8 Å². The van der Waals surface area contributed by atoms with Crippen molar-refractivity contribution in [1.82, 2.24) is 0 Å². The molecule has 114 valence electrons. The van der Waals surface area contributed by atoms with Crippen LogP contribution >= 0.6 is 11.6 Å². The van der Waals surface area contributed by atoms with Crippen LogP contribution in [-0.4, -0.2) is 20.6 Å². The fourth-order valence-corrected chi connectivity index (χ4v) is 3.53. The Labute approximate surface area is 133 Å². The molecule has 0 aliphatic rings. The first-order valence-corrected chi connectivity index (χ1v) is 11.4. The molecule has 0 heterocycles. The number of alkyl halides is 1. The van der Waals surface area contributed by atoms with Crippen LogP contribution in [0.5, 0.6) is 5.75 Å². The van der Waals surface area contributed by atoms with Crippen LogP contribution < -0.4 is 4.74 Å². The summed E-state index contributed by atoms with van der Waals surface area (Å²) >= 11 is 5.91. The minimum Gasteiger partial charge on any atom is -0.468 e. The highest BCUT2D eigenvalue weighted by Gasteiger charge is 2.29. The van der Waals surface area contributed by atoms with Crippen molar-refractivity contribution in [2.45, 2.75) is 38.4 Å². The zero-order valence-electron chi connectivity index (χ0n) is 13.2. The molecule has 4 heteroatoms. The highest BCUT2D eigenvalue weighted by molar-refractivity contribution is 6.77. The van der Waals surface area contributed by atoms with Crippen LogP contribution in [0.2, 0.25) is 19.6 Å². The number of benzene rings is 2. The molecule has 0 aromatic heterocycles. The van der Waals surface area contributed by atoms with E-state index in [9.17, 15) is 0 Å². The summed E-state index contributed by atoms with van der Waals surface area (Å²) in [6.07, 6.45) is 0. The van der Waals surface area contributed by atoms with Gasteiger partial charge in [0.2, 0.25) is 0 Å². The lowest BCUT2D eigenvalue weighted by atomic mass is 10.1. The van der Waals surface area contributed by atoms with Crippen molar-refractivity contribution in [3.8, 4) is 5.75 Å². The molecule has 0 spiro atoms. The van der Waals surface area contributed by atoms with E-state index in [1.807, 2.05) is 25.1 Å². The second-order valence-electron chi connectivity index (χ2n) is 6.22. The molecular weight excluding hydrogens is 300 g/mol. The van der Waals surface area contributed by atoms with Crippen molar-refractivity contribution < 1.29 is 9.47 Å². The van der Waals surface area contributed by atoms with Gasteiger partial charge in [-0.2, -0.15) is 0 Å². The smallest absolute Gasteiger partial charge is 0.179 e. The quantitative estimate of drug-likeness (QED) is 0.413. The molecule has 1 atom stereocenters. The van der Waals surface area contributed by atoms with Crippen molar-refractivity contribution >= 4 is 30.4 Å². The molecule has 0 amide bonds. The molecule has 0 bridgehead atoms. The highest BCUT2D eigenvalue weighted by Crippen LogP contribution is 2.29. The fraction of sp³-hybridized carbons (Fsp3) is 0.412. The number of halogens is 1. The van der Waals surface area contributed by atoms with E-state index in [-0.39, 0.29) is 5.91 Å². The summed E-state index contributed by atoms with van der Waals surface area (Å²) in [6, 6.07) is 12.3. The predicted octanol–water partition coefficient (Wildman–Crippen LogP) is 5.20. The van der Waals surface area contributed by atoms with Gasteiger partial charge in [0, 0.05) is 17.9 Å². The molecule has 2 nitrogen and oxygen atoms in total. The van der Waals surface area contributed by atoms with Crippen molar-refractivity contribution in [3.63, 3.8) is 0 Å². The molecule has 2 aromatic carbocycles. The van der Waals surface area contributed by atoms with Crippen molar-refractivity contribution in [2.75, 3.05) is 6.61 Å². The third kappa shape index (κ3) is 4.00. The van der Waals surface area contributed by atoms with Crippen LogP contribution in [-0.2, 0) is 10.6 Å². The number of ether oxygens (including phenoxy) is 2. The second kappa shape index (κ2) is 6.82. The topological polar surface area (TPSA) is 18.5 Å². The maximum atomic E-state index is 6.21. The lowest BCUT2D eigenvalue weighted by molar-refractivity contribution is -0.0225. The van der Waals surface area contributed by atoms with E-state index in [0.29, 0.717) is 12.5 Å². The molecule has 0 radical (unpaired) electrons. The largest absolute Gasteiger partial charge is 0.468 e. The first-order valence-electron chi connectivity index (χ1n) is 7.31. The highest BCUT2D eigenvalue weighted by atomic mass is 35.5. The van der Waals surface area contributed by atoms with E-state index in [0.717, 1.165) is 22.1 Å². The Bertz CT molecular complexity index is 607. The van der Waals surface area contributed by atoms with E-state index in [1.54, 1.807) is 0 Å². The fourth-order valence-electron chi connectivity index (χ4n) is 2.22. The van der Waals surface area contributed by atoms with Gasteiger partial charge in [0.25, 0.3) is 0 Å². The maximum Gasteiger partial charge on any atom is 0.179 e. The molecule has 1 unspecified atom stereocenters. The first-order chi connectivity index (χ1) is 9.95. The predicted molar refractivity (Wildman–Crippen MR) is 92.9 cm³/mol. The first kappa shape index (κ1) is 16.3. The third-order valence-electron chi connectivity index (χ3n) is 3.32. The molecule has 0 saturated heterocycles. The number of hydrogen-bond donors (Lipinski definition) is 0. The minimum atomic E-state index is -1.56. The van der Waals surface area contributed by atoms with Crippen molar-refractivity contribution in [3.05, 3.63) is 42.0 Å². The SMILES string of the molecule is CCOC(Oc1cccc2cc(CCl)ccc12)[Si](C)(C)C. The van der Waals surface area contributed by atoms with Gasteiger partial charge in [0.15, 0.2) is 5.91 Å². The summed E-state index contributed by atoms with van der Waals surface area (Å²) in [7, 11) is -1.56. The summed E-state index contributed by atoms with van der Waals surface area (Å²) in [5.41, 5.74) is 1.12. The Hall–Kier alpha value is -1.03. The van der Waals surface area contributed by atoms with Gasteiger partial charge in [-0.1, -0.05) is 43.9 Å². The summed E-state index contributed by atoms with van der Waals surface area (Å²) in [4.78, 5) is 0. The molecule has 0 fully saturated rings. The monoisotopic (exact) mass is 322 g/mol. The van der Waals surface area contributed by atoms with Gasteiger partial charge < -0.3 is 9.47 Å². The molecule has 21 heavy (non-hydrogen) atoms. The zero-order chi connectivity index (χ0) is 15.5. The third-order valence-corrected chi connectivity index (χ3v) is 5.33. The molecule has 0 aliphatic heterocycles. The Balaban J connectivity index is 2.37. The molecule has 2 aromatic rings. The lowest BCUT2D eigenvalue weighted by Crippen LogP contribution is -2.44. The van der Waals surface area contributed by atoms with Crippen molar-refractivity contribution in [1.29, 1.82) is 0 Å². The summed E-state index contributed by atoms with van der Waals surface area (Å²) in [6.45, 7) is 9.43. The van der Waals surface area contributed by atoms with Gasteiger partial charge in [-0.3, -0.25) is 0 Å². The van der Waals surface area contributed by atoms with Gasteiger partial charge in [0.05, 0.1) is 0 Å². The van der Waals surface area contributed by atoms with E-state index in [1.165, 1.54) is 0 Å². The van der Waals surface area contributed by atoms with E-state index in [2.05, 4.69) is 37.8 Å². The maximum absolute atomic E-state index is 6.21. The van der Waals surface area contributed by atoms with Crippen LogP contribution in [0.3, 0.4) is 0 Å². The summed E-state index contributed by atoms with van der Waals surface area (Å²) in [5, 5.41) is 2.26. The van der Waals surface area contributed by atoms with Gasteiger partial charge in [0.1, 0.15) is 13.8 Å². The zero-order valence-corrected chi connectivity index (χ0v) is 14.9. The van der Waals surface area contributed by atoms with Crippen LogP contribution in [0.1, 0.15) is 12.5 Å². The minimum absolute atomic E-state index is 0.138. The van der Waals surface area contributed by atoms with Gasteiger partial charge in [-0.25, -0.2) is 0 Å². The average molecular weight is 323 g/mol. The lowest BCUT2D eigenvalue weighted by Gasteiger charge is -2.29. The number of rotatable bonds is 6. The Morgan fingerprint density at radius 3 is 2.52 bits per heavy atom. The summed E-state index contributed by atoms with van der Waals surface area (Å²) in [5.74, 6) is 1.27. The molecule has 0 aliphatic carbocycles. The number of hydrogen-bond acceptors (Lipinski definition) is 2. The van der Waals surface area contributed by atoms with Crippen molar-refractivity contribution in [2.24, 2.45) is 0 Å². The molecule has 2 rings (SSSR count). The average Bonchev–Trinajstić information content (AvgIpc) is 2.45. The Morgan fingerprint density at radius 1 is 1.14 bits per heavy atom. The van der Waals surface area contributed by atoms with Crippen LogP contribution in [0.15, 0.2) is 36.4 Å². The van der Waals surface area contributed by atoms with Crippen LogP contribution in [0, 0.1) is 0 Å². The number of fused-ring (bicyclic) bond motifs is 1.